The Labute approximate surface area is 203 Å². The Morgan fingerprint density at radius 3 is 2.43 bits per heavy atom. The predicted octanol–water partition coefficient (Wildman–Crippen LogP) is 1.63. The Morgan fingerprint density at radius 2 is 1.77 bits per heavy atom. The van der Waals surface area contributed by atoms with E-state index in [0.29, 0.717) is 29.4 Å². The van der Waals surface area contributed by atoms with Gasteiger partial charge in [-0.05, 0) is 55.7 Å². The molecular formula is C24H27N5O5S. The van der Waals surface area contributed by atoms with E-state index >= 15 is 0 Å². The molecule has 1 fully saturated rings. The highest BCUT2D eigenvalue weighted by atomic mass is 32.2. The van der Waals surface area contributed by atoms with Crippen LogP contribution in [0.25, 0.3) is 10.9 Å². The third kappa shape index (κ3) is 5.41. The van der Waals surface area contributed by atoms with Gasteiger partial charge in [0.25, 0.3) is 5.56 Å². The van der Waals surface area contributed by atoms with Crippen LogP contribution in [0.1, 0.15) is 25.3 Å². The minimum Gasteiger partial charge on any atom is -0.352 e. The molecule has 11 heteroatoms. The molecule has 0 saturated carbocycles. The van der Waals surface area contributed by atoms with Gasteiger partial charge in [0.05, 0.1) is 22.1 Å². The maximum absolute atomic E-state index is 13.0. The highest BCUT2D eigenvalue weighted by Gasteiger charge is 2.30. The standard InChI is InChI=1S/C24H27N5O5S/c1-16-4-3-5-21-23(16)25-15-28(24(21)32)14-22(31)27-19-10-12-29(13-11-19)35(33,34)20-8-6-18(7-9-20)26-17(2)30/h3-9,15,19H,10-14H2,1-2H3,(H,26,30)(H,27,31). The third-order valence-corrected chi connectivity index (χ3v) is 7.91. The van der Waals surface area contributed by atoms with Gasteiger partial charge in [0, 0.05) is 31.7 Å². The summed E-state index contributed by atoms with van der Waals surface area (Å²) in [6, 6.07) is 11.2. The maximum atomic E-state index is 13.0. The summed E-state index contributed by atoms with van der Waals surface area (Å²) in [7, 11) is -3.68. The number of anilines is 1. The van der Waals surface area contributed by atoms with Crippen molar-refractivity contribution in [1.82, 2.24) is 19.2 Å². The molecule has 0 radical (unpaired) electrons. The Hall–Kier alpha value is -3.57. The highest BCUT2D eigenvalue weighted by molar-refractivity contribution is 7.89. The number of piperidine rings is 1. The molecule has 1 saturated heterocycles. The number of aryl methyl sites for hydroxylation is 1. The summed E-state index contributed by atoms with van der Waals surface area (Å²) in [6.07, 6.45) is 2.29. The summed E-state index contributed by atoms with van der Waals surface area (Å²) in [5, 5.41) is 5.97. The van der Waals surface area contributed by atoms with Crippen molar-refractivity contribution in [3.8, 4) is 0 Å². The van der Waals surface area contributed by atoms with Crippen LogP contribution in [0.2, 0.25) is 0 Å². The molecule has 1 aromatic heterocycles. The van der Waals surface area contributed by atoms with Crippen molar-refractivity contribution in [3.63, 3.8) is 0 Å². The number of sulfonamides is 1. The number of hydrogen-bond donors (Lipinski definition) is 2. The molecule has 0 bridgehead atoms. The van der Waals surface area contributed by atoms with E-state index in [0.717, 1.165) is 5.56 Å². The molecule has 0 aliphatic carbocycles. The van der Waals surface area contributed by atoms with Crippen molar-refractivity contribution in [3.05, 3.63) is 64.7 Å². The van der Waals surface area contributed by atoms with E-state index in [9.17, 15) is 22.8 Å². The van der Waals surface area contributed by atoms with Gasteiger partial charge < -0.3 is 10.6 Å². The molecule has 2 amide bonds. The van der Waals surface area contributed by atoms with Crippen LogP contribution in [0, 0.1) is 6.92 Å². The van der Waals surface area contributed by atoms with E-state index in [1.54, 1.807) is 24.3 Å². The zero-order valence-corrected chi connectivity index (χ0v) is 20.3. The van der Waals surface area contributed by atoms with E-state index in [1.807, 2.05) is 13.0 Å². The second-order valence-corrected chi connectivity index (χ2v) is 10.5. The molecular weight excluding hydrogens is 470 g/mol. The van der Waals surface area contributed by atoms with Gasteiger partial charge in [0.15, 0.2) is 0 Å². The van der Waals surface area contributed by atoms with Gasteiger partial charge in [-0.15, -0.1) is 0 Å². The molecule has 0 spiro atoms. The molecule has 10 nitrogen and oxygen atoms in total. The van der Waals surface area contributed by atoms with E-state index in [1.165, 1.54) is 34.3 Å². The average molecular weight is 498 g/mol. The first-order valence-corrected chi connectivity index (χ1v) is 12.7. The summed E-state index contributed by atoms with van der Waals surface area (Å²) in [6.45, 7) is 3.62. The fraction of sp³-hybridized carbons (Fsp3) is 0.333. The van der Waals surface area contributed by atoms with E-state index in [4.69, 9.17) is 0 Å². The van der Waals surface area contributed by atoms with Gasteiger partial charge in [-0.2, -0.15) is 4.31 Å². The van der Waals surface area contributed by atoms with Crippen LogP contribution in [0.3, 0.4) is 0 Å². The Bertz CT molecular complexity index is 1420. The zero-order chi connectivity index (χ0) is 25.2. The van der Waals surface area contributed by atoms with Crippen LogP contribution < -0.4 is 16.2 Å². The number of hydrogen-bond acceptors (Lipinski definition) is 6. The molecule has 2 aromatic carbocycles. The molecule has 0 atom stereocenters. The number of para-hydroxylation sites is 1. The normalized spacial score (nSPS) is 15.1. The van der Waals surface area contributed by atoms with Gasteiger partial charge in [-0.1, -0.05) is 12.1 Å². The Balaban J connectivity index is 1.35. The van der Waals surface area contributed by atoms with Crippen LogP contribution >= 0.6 is 0 Å². The first kappa shape index (κ1) is 24.6. The lowest BCUT2D eigenvalue weighted by molar-refractivity contribution is -0.122. The summed E-state index contributed by atoms with van der Waals surface area (Å²) in [5.41, 5.74) is 1.75. The SMILES string of the molecule is CC(=O)Nc1ccc(S(=O)(=O)N2CCC(NC(=O)Cn3cnc4c(C)cccc4c3=O)CC2)cc1. The second kappa shape index (κ2) is 9.96. The van der Waals surface area contributed by atoms with Crippen LogP contribution in [0.15, 0.2) is 58.5 Å². The van der Waals surface area contributed by atoms with Gasteiger partial charge in [-0.3, -0.25) is 19.0 Å². The Kier molecular flexibility index (Phi) is 6.99. The second-order valence-electron chi connectivity index (χ2n) is 8.60. The van der Waals surface area contributed by atoms with Crippen molar-refractivity contribution < 1.29 is 18.0 Å². The summed E-state index contributed by atoms with van der Waals surface area (Å²) < 4.78 is 28.6. The maximum Gasteiger partial charge on any atom is 0.261 e. The molecule has 1 aliphatic heterocycles. The number of carbonyl (C=O) groups excluding carboxylic acids is 2. The fourth-order valence-corrected chi connectivity index (χ4v) is 5.65. The smallest absolute Gasteiger partial charge is 0.261 e. The van der Waals surface area contributed by atoms with Gasteiger partial charge >= 0.3 is 0 Å². The minimum absolute atomic E-state index is 0.146. The van der Waals surface area contributed by atoms with Crippen LogP contribution in [0.4, 0.5) is 5.69 Å². The van der Waals surface area contributed by atoms with Crippen molar-refractivity contribution in [2.75, 3.05) is 18.4 Å². The first-order chi connectivity index (χ1) is 16.6. The average Bonchev–Trinajstić information content (AvgIpc) is 2.82. The predicted molar refractivity (Wildman–Crippen MR) is 131 cm³/mol. The van der Waals surface area contributed by atoms with E-state index < -0.39 is 10.0 Å². The van der Waals surface area contributed by atoms with Gasteiger partial charge in [0.2, 0.25) is 21.8 Å². The number of nitrogens with zero attached hydrogens (tertiary/aromatic N) is 3. The number of aromatic nitrogens is 2. The number of rotatable bonds is 6. The number of amides is 2. The minimum atomic E-state index is -3.68. The molecule has 4 rings (SSSR count). The lowest BCUT2D eigenvalue weighted by atomic mass is 10.1. The quantitative estimate of drug-likeness (QED) is 0.532. The van der Waals surface area contributed by atoms with Crippen molar-refractivity contribution in [2.45, 2.75) is 44.2 Å². The molecule has 35 heavy (non-hydrogen) atoms. The van der Waals surface area contributed by atoms with Crippen LogP contribution in [0.5, 0.6) is 0 Å². The van der Waals surface area contributed by atoms with E-state index in [-0.39, 0.29) is 47.9 Å². The molecule has 3 aromatic rings. The molecule has 2 heterocycles. The lowest BCUT2D eigenvalue weighted by Crippen LogP contribution is -2.47. The third-order valence-electron chi connectivity index (χ3n) is 6.00. The summed E-state index contributed by atoms with van der Waals surface area (Å²) in [5.74, 6) is -0.558. The number of nitrogens with one attached hydrogen (secondary N) is 2. The molecule has 184 valence electrons. The summed E-state index contributed by atoms with van der Waals surface area (Å²) >= 11 is 0. The monoisotopic (exact) mass is 497 g/mol. The fourth-order valence-electron chi connectivity index (χ4n) is 4.18. The first-order valence-electron chi connectivity index (χ1n) is 11.3. The van der Waals surface area contributed by atoms with Crippen molar-refractivity contribution >= 4 is 38.4 Å². The number of fused-ring (bicyclic) bond motifs is 1. The van der Waals surface area contributed by atoms with Crippen LogP contribution in [-0.4, -0.2) is 53.2 Å². The van der Waals surface area contributed by atoms with Crippen LogP contribution in [-0.2, 0) is 26.2 Å². The molecule has 2 N–H and O–H groups in total. The van der Waals surface area contributed by atoms with Crippen molar-refractivity contribution in [1.29, 1.82) is 0 Å². The highest BCUT2D eigenvalue weighted by Crippen LogP contribution is 2.22. The Morgan fingerprint density at radius 1 is 1.09 bits per heavy atom. The van der Waals surface area contributed by atoms with Crippen molar-refractivity contribution in [2.24, 2.45) is 0 Å². The zero-order valence-electron chi connectivity index (χ0n) is 19.5. The molecule has 0 unspecified atom stereocenters. The topological polar surface area (TPSA) is 130 Å². The molecule has 1 aliphatic rings. The summed E-state index contributed by atoms with van der Waals surface area (Å²) in [4.78, 5) is 40.9. The largest absolute Gasteiger partial charge is 0.352 e. The van der Waals surface area contributed by atoms with E-state index in [2.05, 4.69) is 15.6 Å². The van der Waals surface area contributed by atoms with Gasteiger partial charge in [-0.25, -0.2) is 13.4 Å². The number of carbonyl (C=O) groups is 2. The lowest BCUT2D eigenvalue weighted by Gasteiger charge is -2.31. The van der Waals surface area contributed by atoms with Gasteiger partial charge in [0.1, 0.15) is 6.54 Å². The number of benzene rings is 2.